The number of nitrogens with zero attached hydrogens (tertiary/aromatic N) is 1. The normalized spacial score (nSPS) is 23.7. The van der Waals surface area contributed by atoms with Gasteiger partial charge >= 0.3 is 0 Å². The lowest BCUT2D eigenvalue weighted by atomic mass is 9.90. The fourth-order valence-corrected chi connectivity index (χ4v) is 4.21. The number of hydrogen-bond donors (Lipinski definition) is 1. The van der Waals surface area contributed by atoms with Crippen LogP contribution >= 0.6 is 23.8 Å². The van der Waals surface area contributed by atoms with Crippen LogP contribution in [-0.2, 0) is 6.54 Å². The largest absolute Gasteiger partial charge is 0.490 e. The van der Waals surface area contributed by atoms with Crippen molar-refractivity contribution >= 4 is 28.9 Å². The number of thiocarbonyl (C=S) groups is 1. The molecule has 4 rings (SSSR count). The first-order valence-corrected chi connectivity index (χ1v) is 9.56. The molecule has 0 radical (unpaired) electrons. The van der Waals surface area contributed by atoms with Crippen molar-refractivity contribution in [1.82, 2.24) is 10.2 Å². The van der Waals surface area contributed by atoms with E-state index in [2.05, 4.69) is 23.2 Å². The van der Waals surface area contributed by atoms with Crippen LogP contribution in [0.1, 0.15) is 37.4 Å². The molecule has 1 saturated heterocycles. The molecule has 0 saturated carbocycles. The second-order valence-corrected chi connectivity index (χ2v) is 7.63. The van der Waals surface area contributed by atoms with Crippen LogP contribution in [0, 0.1) is 0 Å². The molecule has 2 atom stereocenters. The van der Waals surface area contributed by atoms with E-state index in [-0.39, 0.29) is 6.04 Å². The number of benzene rings is 2. The third-order valence-corrected chi connectivity index (χ3v) is 5.55. The molecule has 1 N–H and O–H groups in total. The second kappa shape index (κ2) is 6.63. The highest BCUT2D eigenvalue weighted by Gasteiger charge is 2.48. The summed E-state index contributed by atoms with van der Waals surface area (Å²) >= 11 is 11.7. The molecule has 2 aliphatic rings. The van der Waals surface area contributed by atoms with Gasteiger partial charge in [0.2, 0.25) is 0 Å². The van der Waals surface area contributed by atoms with Gasteiger partial charge in [-0.15, -0.1) is 0 Å². The SMILES string of the molecule is CCOc1cccc2c1O[C@@]1(C)C[C@H]2NC(=S)N1Cc1ccc(Cl)cc1. The highest BCUT2D eigenvalue weighted by atomic mass is 35.5. The maximum absolute atomic E-state index is 6.50. The Kier molecular flexibility index (Phi) is 4.45. The number of ether oxygens (including phenoxy) is 2. The molecule has 26 heavy (non-hydrogen) atoms. The molecule has 6 heteroatoms. The Morgan fingerprint density at radius 3 is 2.81 bits per heavy atom. The molecular formula is C20H21ClN2O2S. The molecule has 2 aromatic carbocycles. The monoisotopic (exact) mass is 388 g/mol. The third-order valence-electron chi connectivity index (χ3n) is 4.96. The van der Waals surface area contributed by atoms with Crippen molar-refractivity contribution in [2.45, 2.75) is 38.6 Å². The molecule has 0 spiro atoms. The molecule has 2 aliphatic heterocycles. The third kappa shape index (κ3) is 2.99. The molecule has 0 aliphatic carbocycles. The lowest BCUT2D eigenvalue weighted by molar-refractivity contribution is -0.0738. The van der Waals surface area contributed by atoms with Crippen molar-refractivity contribution in [1.29, 1.82) is 0 Å². The zero-order chi connectivity index (χ0) is 18.3. The molecular weight excluding hydrogens is 368 g/mol. The Morgan fingerprint density at radius 1 is 1.31 bits per heavy atom. The van der Waals surface area contributed by atoms with Gasteiger partial charge in [0.1, 0.15) is 0 Å². The number of fused-ring (bicyclic) bond motifs is 4. The minimum atomic E-state index is -0.535. The number of rotatable bonds is 4. The summed E-state index contributed by atoms with van der Waals surface area (Å²) < 4.78 is 12.3. The van der Waals surface area contributed by atoms with E-state index >= 15 is 0 Å². The zero-order valence-electron chi connectivity index (χ0n) is 14.8. The Morgan fingerprint density at radius 2 is 2.08 bits per heavy atom. The van der Waals surface area contributed by atoms with Gasteiger partial charge in [-0.1, -0.05) is 35.9 Å². The first kappa shape index (κ1) is 17.4. The van der Waals surface area contributed by atoms with E-state index in [9.17, 15) is 0 Å². The van der Waals surface area contributed by atoms with Crippen molar-refractivity contribution in [3.8, 4) is 11.5 Å². The van der Waals surface area contributed by atoms with Gasteiger partial charge in [-0.05, 0) is 49.8 Å². The van der Waals surface area contributed by atoms with Gasteiger partial charge in [0.15, 0.2) is 22.3 Å². The van der Waals surface area contributed by atoms with Gasteiger partial charge < -0.3 is 19.7 Å². The fourth-order valence-electron chi connectivity index (χ4n) is 3.68. The van der Waals surface area contributed by atoms with Gasteiger partial charge in [-0.25, -0.2) is 0 Å². The van der Waals surface area contributed by atoms with Gasteiger partial charge in [0.05, 0.1) is 12.6 Å². The fraction of sp³-hybridized carbons (Fsp3) is 0.350. The molecule has 0 aromatic heterocycles. The molecule has 1 fully saturated rings. The first-order chi connectivity index (χ1) is 12.5. The topological polar surface area (TPSA) is 33.7 Å². The van der Waals surface area contributed by atoms with Gasteiger partial charge in [-0.3, -0.25) is 0 Å². The maximum Gasteiger partial charge on any atom is 0.184 e. The average Bonchev–Trinajstić information content (AvgIpc) is 2.61. The molecule has 0 amide bonds. The van der Waals surface area contributed by atoms with Crippen molar-refractivity contribution in [2.24, 2.45) is 0 Å². The Balaban J connectivity index is 1.69. The minimum Gasteiger partial charge on any atom is -0.490 e. The van der Waals surface area contributed by atoms with Crippen molar-refractivity contribution in [3.05, 3.63) is 58.6 Å². The van der Waals surface area contributed by atoms with E-state index in [1.165, 1.54) is 0 Å². The van der Waals surface area contributed by atoms with Crippen LogP contribution < -0.4 is 14.8 Å². The lowest BCUT2D eigenvalue weighted by Crippen LogP contribution is -2.64. The first-order valence-electron chi connectivity index (χ1n) is 8.77. The summed E-state index contributed by atoms with van der Waals surface area (Å²) in [4.78, 5) is 2.10. The summed E-state index contributed by atoms with van der Waals surface area (Å²) in [7, 11) is 0. The number of para-hydroxylation sites is 1. The minimum absolute atomic E-state index is 0.123. The van der Waals surface area contributed by atoms with Crippen LogP contribution in [0.2, 0.25) is 5.02 Å². The lowest BCUT2D eigenvalue weighted by Gasteiger charge is -2.52. The summed E-state index contributed by atoms with van der Waals surface area (Å²) in [5.74, 6) is 1.59. The van der Waals surface area contributed by atoms with Crippen molar-refractivity contribution in [2.75, 3.05) is 6.61 Å². The van der Waals surface area contributed by atoms with E-state index < -0.39 is 5.72 Å². The summed E-state index contributed by atoms with van der Waals surface area (Å²) in [6, 6.07) is 14.0. The highest BCUT2D eigenvalue weighted by Crippen LogP contribution is 2.48. The maximum atomic E-state index is 6.50. The van der Waals surface area contributed by atoms with Gasteiger partial charge in [0, 0.05) is 23.6 Å². The number of nitrogens with one attached hydrogen (secondary N) is 1. The average molecular weight is 389 g/mol. The van der Waals surface area contributed by atoms with Crippen LogP contribution in [0.25, 0.3) is 0 Å². The molecule has 136 valence electrons. The predicted octanol–water partition coefficient (Wildman–Crippen LogP) is 4.67. The van der Waals surface area contributed by atoms with E-state index in [0.29, 0.717) is 18.3 Å². The van der Waals surface area contributed by atoms with Crippen LogP contribution in [0.4, 0.5) is 0 Å². The standard InChI is InChI=1S/C20H21ClN2O2S/c1-3-24-17-6-4-5-15-16-11-20(2,25-18(15)17)23(19(26)22-16)12-13-7-9-14(21)10-8-13/h4-10,16H,3,11-12H2,1-2H3,(H,22,26)/t16-,20+/m1/s1. The predicted molar refractivity (Wildman–Crippen MR) is 107 cm³/mol. The van der Waals surface area contributed by atoms with E-state index in [1.807, 2.05) is 43.3 Å². The molecule has 2 bridgehead atoms. The van der Waals surface area contributed by atoms with Gasteiger partial charge in [-0.2, -0.15) is 0 Å². The van der Waals surface area contributed by atoms with Crippen LogP contribution in [-0.4, -0.2) is 22.3 Å². The quantitative estimate of drug-likeness (QED) is 0.770. The number of hydrogen-bond acceptors (Lipinski definition) is 3. The van der Waals surface area contributed by atoms with Crippen LogP contribution in [0.5, 0.6) is 11.5 Å². The second-order valence-electron chi connectivity index (χ2n) is 6.80. The summed E-state index contributed by atoms with van der Waals surface area (Å²) in [5.41, 5.74) is 1.69. The molecule has 4 nitrogen and oxygen atoms in total. The Bertz CT molecular complexity index is 842. The van der Waals surface area contributed by atoms with E-state index in [4.69, 9.17) is 33.3 Å². The summed E-state index contributed by atoms with van der Waals surface area (Å²) in [6.45, 7) is 5.32. The number of halogens is 1. The van der Waals surface area contributed by atoms with E-state index in [0.717, 1.165) is 34.1 Å². The van der Waals surface area contributed by atoms with Crippen molar-refractivity contribution in [3.63, 3.8) is 0 Å². The molecule has 2 aromatic rings. The summed E-state index contributed by atoms with van der Waals surface area (Å²) in [5, 5.41) is 4.90. The Labute approximate surface area is 164 Å². The van der Waals surface area contributed by atoms with E-state index in [1.54, 1.807) is 0 Å². The van der Waals surface area contributed by atoms with Crippen LogP contribution in [0.15, 0.2) is 42.5 Å². The highest BCUT2D eigenvalue weighted by molar-refractivity contribution is 7.80. The zero-order valence-corrected chi connectivity index (χ0v) is 16.4. The Hall–Kier alpha value is -1.98. The molecule has 0 unspecified atom stereocenters. The van der Waals surface area contributed by atoms with Gasteiger partial charge in [0.25, 0.3) is 0 Å². The van der Waals surface area contributed by atoms with Crippen molar-refractivity contribution < 1.29 is 9.47 Å². The molecule has 2 heterocycles. The van der Waals surface area contributed by atoms with Crippen LogP contribution in [0.3, 0.4) is 0 Å². The summed E-state index contributed by atoms with van der Waals surface area (Å²) in [6.07, 6.45) is 0.809. The smallest absolute Gasteiger partial charge is 0.184 e.